The molecule has 0 amide bonds. The summed E-state index contributed by atoms with van der Waals surface area (Å²) < 4.78 is 0. The Morgan fingerprint density at radius 3 is 0.776 bits per heavy atom. The number of benzene rings is 14. The molecule has 0 saturated carbocycles. The second kappa shape index (κ2) is 16.4. The second-order valence-corrected chi connectivity index (χ2v) is 20.8. The molecule has 0 heterocycles. The van der Waals surface area contributed by atoms with E-state index in [0.29, 0.717) is 0 Å². The van der Waals surface area contributed by atoms with E-state index in [0.717, 1.165) is 0 Å². The molecule has 0 spiro atoms. The fourth-order valence-corrected chi connectivity index (χ4v) is 14.6. The Labute approximate surface area is 442 Å². The third kappa shape index (κ3) is 5.63. The summed E-state index contributed by atoms with van der Waals surface area (Å²) >= 11 is 0. The van der Waals surface area contributed by atoms with Crippen LogP contribution in [-0.4, -0.2) is 0 Å². The maximum atomic E-state index is 2.45. The second-order valence-electron chi connectivity index (χ2n) is 20.8. The van der Waals surface area contributed by atoms with Crippen molar-refractivity contribution in [2.75, 3.05) is 0 Å². The summed E-state index contributed by atoms with van der Waals surface area (Å²) in [7, 11) is 0. The van der Waals surface area contributed by atoms with Crippen molar-refractivity contribution in [2.45, 2.75) is 10.8 Å². The van der Waals surface area contributed by atoms with Gasteiger partial charge in [0, 0.05) is 0 Å². The molecule has 0 heteroatoms. The zero-order valence-electron chi connectivity index (χ0n) is 41.7. The van der Waals surface area contributed by atoms with Gasteiger partial charge in [-0.25, -0.2) is 0 Å². The number of hydrogen-bond donors (Lipinski definition) is 0. The first kappa shape index (κ1) is 42.8. The maximum absolute atomic E-state index is 2.45. The molecule has 0 bridgehead atoms. The Balaban J connectivity index is 1.02. The van der Waals surface area contributed by atoms with Crippen LogP contribution in [-0.2, 0) is 10.8 Å². The Hall–Kier alpha value is -9.62. The molecule has 76 heavy (non-hydrogen) atoms. The maximum Gasteiger partial charge on any atom is 0.0713 e. The Kier molecular flexibility index (Phi) is 9.27. The number of rotatable bonds is 6. The first-order valence-electron chi connectivity index (χ1n) is 26.7. The normalized spacial score (nSPS) is 13.7. The van der Waals surface area contributed by atoms with Gasteiger partial charge in [-0.3, -0.25) is 0 Å². The van der Waals surface area contributed by atoms with Gasteiger partial charge in [-0.2, -0.15) is 0 Å². The predicted molar refractivity (Wildman–Crippen MR) is 319 cm³/mol. The lowest BCUT2D eigenvalue weighted by Crippen LogP contribution is -2.34. The molecule has 0 aliphatic heterocycles. The van der Waals surface area contributed by atoms with Crippen LogP contribution in [0.4, 0.5) is 0 Å². The van der Waals surface area contributed by atoms with Crippen molar-refractivity contribution < 1.29 is 0 Å². The fraction of sp³-hybridized carbons (Fsp3) is 0.0263. The van der Waals surface area contributed by atoms with E-state index in [4.69, 9.17) is 0 Å². The topological polar surface area (TPSA) is 0 Å². The quantitative estimate of drug-likeness (QED) is 0.146. The van der Waals surface area contributed by atoms with Crippen LogP contribution in [0.15, 0.2) is 291 Å². The van der Waals surface area contributed by atoms with E-state index >= 15 is 0 Å². The molecule has 2 aliphatic carbocycles. The van der Waals surface area contributed by atoms with E-state index in [-0.39, 0.29) is 0 Å². The van der Waals surface area contributed by atoms with E-state index in [1.165, 1.54) is 143 Å². The van der Waals surface area contributed by atoms with Gasteiger partial charge in [0.05, 0.1) is 10.8 Å². The standard InChI is InChI=1S/C76H48/c1-5-25-49(26-6-1)75(50-27-7-2-8-28-50)65-43-21-19-39-61(65)71-57-37-17-15-35-55(57)69(63-41-23-45-67(75)73(63)71)59-47-48-60(54-34-14-13-33-53(54)59)70-56-36-16-18-38-58(56)72-62-40-20-22-44-66(62)76(51-29-9-3-10-30-51,52-31-11-4-12-32-52)68-46-24-42-64(70)74(68)72/h1-48H. The molecular weight excluding hydrogens is 913 g/mol. The van der Waals surface area contributed by atoms with Gasteiger partial charge in [0.1, 0.15) is 0 Å². The molecule has 14 aromatic carbocycles. The van der Waals surface area contributed by atoms with Gasteiger partial charge < -0.3 is 0 Å². The molecule has 0 N–H and O–H groups in total. The summed E-state index contributed by atoms with van der Waals surface area (Å²) in [6.45, 7) is 0. The molecule has 14 aromatic rings. The molecule has 0 atom stereocenters. The van der Waals surface area contributed by atoms with E-state index in [1.54, 1.807) is 0 Å². The first-order chi connectivity index (χ1) is 37.8. The Bertz CT molecular complexity index is 4290. The molecule has 0 unspecified atom stereocenters. The molecule has 0 fully saturated rings. The number of hydrogen-bond acceptors (Lipinski definition) is 0. The van der Waals surface area contributed by atoms with Crippen LogP contribution in [0, 0.1) is 0 Å². The highest BCUT2D eigenvalue weighted by molar-refractivity contribution is 6.29. The Morgan fingerprint density at radius 1 is 0.158 bits per heavy atom. The molecule has 0 saturated heterocycles. The van der Waals surface area contributed by atoms with Crippen LogP contribution < -0.4 is 0 Å². The summed E-state index contributed by atoms with van der Waals surface area (Å²) in [5.74, 6) is 0. The molecule has 16 rings (SSSR count). The van der Waals surface area contributed by atoms with Crippen LogP contribution in [0.5, 0.6) is 0 Å². The van der Waals surface area contributed by atoms with E-state index in [2.05, 4.69) is 291 Å². The van der Waals surface area contributed by atoms with Crippen LogP contribution >= 0.6 is 0 Å². The summed E-state index contributed by atoms with van der Waals surface area (Å²) in [4.78, 5) is 0. The van der Waals surface area contributed by atoms with Gasteiger partial charge in [-0.1, -0.05) is 291 Å². The van der Waals surface area contributed by atoms with E-state index < -0.39 is 10.8 Å². The SMILES string of the molecule is c1ccc(C2(c3ccccc3)c3ccccc3-c3c4ccccc4c(-c4ccc(-c5c6ccccc6c6c7c(cccc57)C(c5ccccc5)(c5ccccc5)c5ccccc5-6)c5ccccc45)c4cccc2c34)cc1. The van der Waals surface area contributed by atoms with E-state index in [1.807, 2.05) is 0 Å². The van der Waals surface area contributed by atoms with Crippen molar-refractivity contribution in [3.63, 3.8) is 0 Å². The monoisotopic (exact) mass is 960 g/mol. The summed E-state index contributed by atoms with van der Waals surface area (Å²) in [5.41, 5.74) is 19.3. The molecule has 352 valence electrons. The summed E-state index contributed by atoms with van der Waals surface area (Å²) in [5, 5.41) is 12.7. The zero-order chi connectivity index (χ0) is 50.0. The van der Waals surface area contributed by atoms with Crippen molar-refractivity contribution >= 4 is 53.9 Å². The van der Waals surface area contributed by atoms with Crippen molar-refractivity contribution in [1.82, 2.24) is 0 Å². The lowest BCUT2D eigenvalue weighted by atomic mass is 9.59. The molecule has 2 aliphatic rings. The van der Waals surface area contributed by atoms with Gasteiger partial charge in [0.25, 0.3) is 0 Å². The highest BCUT2D eigenvalue weighted by Gasteiger charge is 2.47. The minimum atomic E-state index is -0.563. The molecule has 0 nitrogen and oxygen atoms in total. The van der Waals surface area contributed by atoms with Crippen LogP contribution in [0.3, 0.4) is 0 Å². The molecular formula is C76H48. The largest absolute Gasteiger partial charge is 0.0713 e. The van der Waals surface area contributed by atoms with Gasteiger partial charge in [0.15, 0.2) is 0 Å². The summed E-state index contributed by atoms with van der Waals surface area (Å²) in [6.07, 6.45) is 0. The minimum absolute atomic E-state index is 0.563. The van der Waals surface area contributed by atoms with E-state index in [9.17, 15) is 0 Å². The van der Waals surface area contributed by atoms with Crippen molar-refractivity contribution in [1.29, 1.82) is 0 Å². The average Bonchev–Trinajstić information content (AvgIpc) is 3.56. The lowest BCUT2D eigenvalue weighted by molar-refractivity contribution is 0.750. The number of fused-ring (bicyclic) bond motifs is 9. The first-order valence-corrected chi connectivity index (χ1v) is 26.7. The average molecular weight is 961 g/mol. The third-order valence-corrected chi connectivity index (χ3v) is 17.4. The third-order valence-electron chi connectivity index (χ3n) is 17.4. The summed E-state index contributed by atoms with van der Waals surface area (Å²) in [6, 6.07) is 110. The molecule has 0 radical (unpaired) electrons. The van der Waals surface area contributed by atoms with Crippen LogP contribution in [0.1, 0.15) is 44.5 Å². The fourth-order valence-electron chi connectivity index (χ4n) is 14.6. The van der Waals surface area contributed by atoms with Crippen molar-refractivity contribution in [3.05, 3.63) is 336 Å². The zero-order valence-corrected chi connectivity index (χ0v) is 41.7. The lowest BCUT2D eigenvalue weighted by Gasteiger charge is -2.42. The Morgan fingerprint density at radius 2 is 0.421 bits per heavy atom. The predicted octanol–water partition coefficient (Wildman–Crippen LogP) is 19.5. The van der Waals surface area contributed by atoms with Crippen LogP contribution in [0.2, 0.25) is 0 Å². The smallest absolute Gasteiger partial charge is 0.0622 e. The van der Waals surface area contributed by atoms with Gasteiger partial charge in [-0.05, 0) is 143 Å². The van der Waals surface area contributed by atoms with Gasteiger partial charge in [-0.15, -0.1) is 0 Å². The minimum Gasteiger partial charge on any atom is -0.0622 e. The highest BCUT2D eigenvalue weighted by Crippen LogP contribution is 2.61. The van der Waals surface area contributed by atoms with Crippen molar-refractivity contribution in [2.24, 2.45) is 0 Å². The highest BCUT2D eigenvalue weighted by atomic mass is 14.5. The van der Waals surface area contributed by atoms with Gasteiger partial charge >= 0.3 is 0 Å². The van der Waals surface area contributed by atoms with Crippen molar-refractivity contribution in [3.8, 4) is 44.5 Å². The van der Waals surface area contributed by atoms with Gasteiger partial charge in [0.2, 0.25) is 0 Å². The molecule has 0 aromatic heterocycles. The van der Waals surface area contributed by atoms with Crippen LogP contribution in [0.25, 0.3) is 98.4 Å².